The molecule has 1 heterocycles. The van der Waals surface area contributed by atoms with E-state index in [2.05, 4.69) is 20.3 Å². The number of benzene rings is 2. The minimum atomic E-state index is -4.78. The van der Waals surface area contributed by atoms with Crippen LogP contribution in [0.25, 0.3) is 0 Å². The van der Waals surface area contributed by atoms with E-state index in [4.69, 9.17) is 4.74 Å². The van der Waals surface area contributed by atoms with Gasteiger partial charge < -0.3 is 20.1 Å². The molecule has 0 saturated carbocycles. The number of hydrogen-bond acceptors (Lipinski definition) is 5. The van der Waals surface area contributed by atoms with Crippen molar-refractivity contribution in [2.24, 2.45) is 5.92 Å². The van der Waals surface area contributed by atoms with E-state index in [-0.39, 0.29) is 17.5 Å². The van der Waals surface area contributed by atoms with Gasteiger partial charge in [-0.1, -0.05) is 0 Å². The van der Waals surface area contributed by atoms with Crippen LogP contribution >= 0.6 is 0 Å². The van der Waals surface area contributed by atoms with Gasteiger partial charge in [0.2, 0.25) is 0 Å². The van der Waals surface area contributed by atoms with Crippen LogP contribution in [0.3, 0.4) is 0 Å². The number of halogens is 3. The average molecular weight is 463 g/mol. The fourth-order valence-corrected chi connectivity index (χ4v) is 4.10. The monoisotopic (exact) mass is 463 g/mol. The van der Waals surface area contributed by atoms with E-state index in [1.807, 2.05) is 0 Å². The van der Waals surface area contributed by atoms with Gasteiger partial charge in [0.15, 0.2) is 5.78 Å². The predicted octanol–water partition coefficient (Wildman–Crippen LogP) is 4.31. The van der Waals surface area contributed by atoms with Crippen molar-refractivity contribution in [1.82, 2.24) is 4.90 Å². The van der Waals surface area contributed by atoms with Gasteiger partial charge >= 0.3 is 12.4 Å². The molecule has 0 radical (unpaired) electrons. The summed E-state index contributed by atoms with van der Waals surface area (Å²) in [6.07, 6.45) is -3.28. The Morgan fingerprint density at radius 1 is 1.06 bits per heavy atom. The van der Waals surface area contributed by atoms with Crippen LogP contribution in [0.5, 0.6) is 5.75 Å². The first-order chi connectivity index (χ1) is 15.8. The number of ketones is 1. The summed E-state index contributed by atoms with van der Waals surface area (Å²) in [5, 5.41) is 5.24. The second kappa shape index (κ2) is 9.80. The molecule has 1 fully saturated rings. The number of amides is 2. The first-order valence-electron chi connectivity index (χ1n) is 10.7. The zero-order valence-corrected chi connectivity index (χ0v) is 17.8. The second-order valence-corrected chi connectivity index (χ2v) is 8.04. The number of carbonyl (C=O) groups excluding carboxylic acids is 2. The molecule has 0 spiro atoms. The van der Waals surface area contributed by atoms with Gasteiger partial charge in [0, 0.05) is 42.5 Å². The molecule has 0 aromatic heterocycles. The molecule has 1 aliphatic heterocycles. The van der Waals surface area contributed by atoms with Crippen LogP contribution in [0.4, 0.5) is 29.3 Å². The van der Waals surface area contributed by atoms with Crippen molar-refractivity contribution in [1.29, 1.82) is 0 Å². The lowest BCUT2D eigenvalue weighted by Crippen LogP contribution is -2.42. The molecule has 33 heavy (non-hydrogen) atoms. The number of rotatable bonds is 5. The van der Waals surface area contributed by atoms with Crippen molar-refractivity contribution in [2.45, 2.75) is 19.2 Å². The Labute approximate surface area is 188 Å². The molecule has 2 N–H and O–H groups in total. The number of nitrogens with one attached hydrogen (secondary N) is 2. The van der Waals surface area contributed by atoms with Crippen LogP contribution in [0.1, 0.15) is 22.3 Å². The number of carbonyl (C=O) groups is 2. The molecule has 7 nitrogen and oxygen atoms in total. The van der Waals surface area contributed by atoms with E-state index < -0.39 is 12.4 Å². The largest absolute Gasteiger partial charge is 0.573 e. The predicted molar refractivity (Wildman–Crippen MR) is 116 cm³/mol. The highest BCUT2D eigenvalue weighted by atomic mass is 19.4. The number of morpholine rings is 1. The third-order valence-electron chi connectivity index (χ3n) is 5.69. The molecule has 1 saturated heterocycles. The summed E-state index contributed by atoms with van der Waals surface area (Å²) in [6.45, 7) is 3.80. The van der Waals surface area contributed by atoms with Crippen molar-refractivity contribution in [2.75, 3.05) is 43.5 Å². The molecule has 176 valence electrons. The quantitative estimate of drug-likeness (QED) is 0.691. The van der Waals surface area contributed by atoms with Crippen LogP contribution < -0.4 is 15.4 Å². The van der Waals surface area contributed by atoms with Crippen LogP contribution in [-0.2, 0) is 11.2 Å². The van der Waals surface area contributed by atoms with Gasteiger partial charge in [-0.3, -0.25) is 9.69 Å². The zero-order chi connectivity index (χ0) is 23.4. The molecule has 1 atom stereocenters. The Bertz CT molecular complexity index is 1010. The second-order valence-electron chi connectivity index (χ2n) is 8.04. The van der Waals surface area contributed by atoms with Crippen LogP contribution in [0, 0.1) is 5.92 Å². The van der Waals surface area contributed by atoms with Gasteiger partial charge in [0.1, 0.15) is 5.75 Å². The van der Waals surface area contributed by atoms with Crippen molar-refractivity contribution in [3.63, 3.8) is 0 Å². The summed E-state index contributed by atoms with van der Waals surface area (Å²) in [4.78, 5) is 27.5. The van der Waals surface area contributed by atoms with Gasteiger partial charge in [-0.2, -0.15) is 0 Å². The summed E-state index contributed by atoms with van der Waals surface area (Å²) < 4.78 is 45.9. The molecule has 2 aromatic carbocycles. The molecule has 2 amide bonds. The van der Waals surface area contributed by atoms with Crippen molar-refractivity contribution in [3.8, 4) is 5.75 Å². The minimum Gasteiger partial charge on any atom is -0.406 e. The molecular weight excluding hydrogens is 439 g/mol. The smallest absolute Gasteiger partial charge is 0.406 e. The Hall–Kier alpha value is -3.11. The standard InChI is InChI=1S/C23H24F3N3O4/c24-23(25,26)33-19-6-3-17(4-7-19)27-22(31)28-18-5-8-20-15(13-18)1-2-16(21(20)30)14-29-9-11-32-12-10-29/h3-8,13,16H,1-2,9-12,14H2,(H2,27,28,31). The summed E-state index contributed by atoms with van der Waals surface area (Å²) in [5.74, 6) is -0.290. The number of aryl methyl sites for hydroxylation is 1. The minimum absolute atomic E-state index is 0.0398. The van der Waals surface area contributed by atoms with Gasteiger partial charge in [-0.25, -0.2) is 4.79 Å². The maximum absolute atomic E-state index is 12.9. The van der Waals surface area contributed by atoms with Crippen molar-refractivity contribution >= 4 is 23.2 Å². The number of urea groups is 1. The van der Waals surface area contributed by atoms with E-state index in [0.717, 1.165) is 50.2 Å². The average Bonchev–Trinajstić information content (AvgIpc) is 2.77. The summed E-state index contributed by atoms with van der Waals surface area (Å²) in [5.41, 5.74) is 2.42. The van der Waals surface area contributed by atoms with Gasteiger partial charge in [0.25, 0.3) is 0 Å². The van der Waals surface area contributed by atoms with E-state index in [0.29, 0.717) is 30.2 Å². The first-order valence-corrected chi connectivity index (χ1v) is 10.7. The van der Waals surface area contributed by atoms with E-state index in [1.165, 1.54) is 12.1 Å². The highest BCUT2D eigenvalue weighted by molar-refractivity contribution is 6.02. The molecule has 10 heteroatoms. The number of ether oxygens (including phenoxy) is 2. The van der Waals surface area contributed by atoms with E-state index in [1.54, 1.807) is 18.2 Å². The molecule has 2 aliphatic rings. The molecule has 4 rings (SSSR count). The van der Waals surface area contributed by atoms with Crippen LogP contribution in [0.2, 0.25) is 0 Å². The Morgan fingerprint density at radius 3 is 2.42 bits per heavy atom. The highest BCUT2D eigenvalue weighted by Gasteiger charge is 2.31. The molecular formula is C23H24F3N3O4. The molecule has 1 aliphatic carbocycles. The summed E-state index contributed by atoms with van der Waals surface area (Å²) in [6, 6.07) is 9.49. The maximum Gasteiger partial charge on any atom is 0.573 e. The van der Waals surface area contributed by atoms with Crippen LogP contribution in [0.15, 0.2) is 42.5 Å². The number of Topliss-reactive ketones (excluding diaryl/α,β-unsaturated/α-hetero) is 1. The van der Waals surface area contributed by atoms with Gasteiger partial charge in [0.05, 0.1) is 13.2 Å². The fourth-order valence-electron chi connectivity index (χ4n) is 4.10. The summed E-state index contributed by atoms with van der Waals surface area (Å²) >= 11 is 0. The SMILES string of the molecule is O=C(Nc1ccc(OC(F)(F)F)cc1)Nc1ccc2c(c1)CCC(CN1CCOCC1)C2=O. The van der Waals surface area contributed by atoms with Crippen LogP contribution in [-0.4, -0.2) is 55.9 Å². The van der Waals surface area contributed by atoms with E-state index in [9.17, 15) is 22.8 Å². The molecule has 1 unspecified atom stereocenters. The Balaban J connectivity index is 1.33. The zero-order valence-electron chi connectivity index (χ0n) is 17.8. The topological polar surface area (TPSA) is 79.9 Å². The number of alkyl halides is 3. The highest BCUT2D eigenvalue weighted by Crippen LogP contribution is 2.29. The third kappa shape index (κ3) is 6.23. The van der Waals surface area contributed by atoms with Crippen molar-refractivity contribution in [3.05, 3.63) is 53.6 Å². The van der Waals surface area contributed by atoms with Gasteiger partial charge in [-0.05, 0) is 60.9 Å². The maximum atomic E-state index is 12.9. The van der Waals surface area contributed by atoms with E-state index >= 15 is 0 Å². The Morgan fingerprint density at radius 2 is 1.73 bits per heavy atom. The number of hydrogen-bond donors (Lipinski definition) is 2. The number of nitrogens with zero attached hydrogens (tertiary/aromatic N) is 1. The lowest BCUT2D eigenvalue weighted by Gasteiger charge is -2.32. The lowest BCUT2D eigenvalue weighted by molar-refractivity contribution is -0.274. The third-order valence-corrected chi connectivity index (χ3v) is 5.69. The van der Waals surface area contributed by atoms with Crippen molar-refractivity contribution < 1.29 is 32.2 Å². The number of fused-ring (bicyclic) bond motifs is 1. The summed E-state index contributed by atoms with van der Waals surface area (Å²) in [7, 11) is 0. The fraction of sp³-hybridized carbons (Fsp3) is 0.391. The first kappa shape index (κ1) is 23.1. The lowest BCUT2D eigenvalue weighted by atomic mass is 9.82. The molecule has 2 aromatic rings. The number of anilines is 2. The molecule has 0 bridgehead atoms. The normalized spacial score (nSPS) is 19.0. The van der Waals surface area contributed by atoms with Gasteiger partial charge in [-0.15, -0.1) is 13.2 Å². The Kier molecular flexibility index (Phi) is 6.85.